The molecule has 1 fully saturated rings. The number of carbonyl (C=O) groups excluding carboxylic acids is 1. The quantitative estimate of drug-likeness (QED) is 0.369. The van der Waals surface area contributed by atoms with Gasteiger partial charge in [-0.25, -0.2) is 13.6 Å². The second-order valence-electron chi connectivity index (χ2n) is 5.06. The van der Waals surface area contributed by atoms with Gasteiger partial charge in [0.05, 0.1) is 11.0 Å². The molecule has 7 heteroatoms. The van der Waals surface area contributed by atoms with Crippen LogP contribution >= 0.6 is 0 Å². The fraction of sp³-hybridized carbons (Fsp3) is 0.500. The fourth-order valence-corrected chi connectivity index (χ4v) is 2.43. The highest BCUT2D eigenvalue weighted by Gasteiger charge is 2.27. The van der Waals surface area contributed by atoms with Gasteiger partial charge in [0, 0.05) is 0 Å². The fourth-order valence-electron chi connectivity index (χ4n) is 2.43. The van der Waals surface area contributed by atoms with Crippen LogP contribution in [0.1, 0.15) is 48.9 Å². The van der Waals surface area contributed by atoms with E-state index in [1.54, 1.807) is 0 Å². The Balaban J connectivity index is 2.21. The molecule has 0 bridgehead atoms. The number of carbonyl (C=O) groups is 1. The first-order valence-electron chi connectivity index (χ1n) is 6.83. The number of benzene rings is 1. The van der Waals surface area contributed by atoms with Crippen molar-refractivity contribution in [2.24, 2.45) is 0 Å². The number of rotatable bonds is 3. The Kier molecular flexibility index (Phi) is 4.82. The molecule has 0 unspecified atom stereocenters. The van der Waals surface area contributed by atoms with Gasteiger partial charge in [-0.05, 0) is 31.7 Å². The van der Waals surface area contributed by atoms with Gasteiger partial charge in [0.2, 0.25) is 0 Å². The predicted octanol–water partition coefficient (Wildman–Crippen LogP) is 3.75. The van der Waals surface area contributed by atoms with Crippen LogP contribution in [-0.2, 0) is 4.74 Å². The molecule has 21 heavy (non-hydrogen) atoms. The molecule has 1 aromatic rings. The second-order valence-corrected chi connectivity index (χ2v) is 5.06. The van der Waals surface area contributed by atoms with Gasteiger partial charge in [-0.3, -0.25) is 10.1 Å². The second kappa shape index (κ2) is 6.60. The Morgan fingerprint density at radius 1 is 1.14 bits per heavy atom. The van der Waals surface area contributed by atoms with Crippen molar-refractivity contribution in [1.82, 2.24) is 0 Å². The first kappa shape index (κ1) is 15.3. The summed E-state index contributed by atoms with van der Waals surface area (Å²) in [5.41, 5.74) is -1.34. The molecule has 1 aliphatic rings. The van der Waals surface area contributed by atoms with Crippen LogP contribution in [0.4, 0.5) is 14.5 Å². The molecule has 0 N–H and O–H groups in total. The Labute approximate surface area is 120 Å². The van der Waals surface area contributed by atoms with Crippen LogP contribution < -0.4 is 0 Å². The summed E-state index contributed by atoms with van der Waals surface area (Å²) in [6.07, 6.45) is 4.98. The monoisotopic (exact) mass is 299 g/mol. The van der Waals surface area contributed by atoms with Gasteiger partial charge in [-0.2, -0.15) is 0 Å². The number of ether oxygens (including phenoxy) is 1. The maximum Gasteiger partial charge on any atom is 0.345 e. The van der Waals surface area contributed by atoms with Gasteiger partial charge in [0.15, 0.2) is 11.6 Å². The number of halogens is 2. The average Bonchev–Trinajstić information content (AvgIpc) is 2.69. The largest absolute Gasteiger partial charge is 0.459 e. The molecule has 0 saturated heterocycles. The number of nitro groups is 1. The maximum absolute atomic E-state index is 13.2. The zero-order chi connectivity index (χ0) is 15.4. The lowest BCUT2D eigenvalue weighted by molar-refractivity contribution is -0.385. The van der Waals surface area contributed by atoms with E-state index >= 15 is 0 Å². The molecule has 0 atom stereocenters. The van der Waals surface area contributed by atoms with Crippen LogP contribution in [0, 0.1) is 21.7 Å². The highest BCUT2D eigenvalue weighted by atomic mass is 19.2. The Bertz CT molecular complexity index is 554. The minimum absolute atomic E-state index is 0.326. The molecule has 0 spiro atoms. The van der Waals surface area contributed by atoms with E-state index in [9.17, 15) is 23.7 Å². The lowest BCUT2D eigenvalue weighted by atomic mass is 10.1. The molecule has 114 valence electrons. The molecular weight excluding hydrogens is 284 g/mol. The normalized spacial score (nSPS) is 16.3. The van der Waals surface area contributed by atoms with Crippen molar-refractivity contribution in [2.45, 2.75) is 44.6 Å². The van der Waals surface area contributed by atoms with E-state index in [1.165, 1.54) is 0 Å². The van der Waals surface area contributed by atoms with Gasteiger partial charge in [0.1, 0.15) is 11.7 Å². The molecule has 0 aliphatic heterocycles. The molecule has 0 radical (unpaired) electrons. The van der Waals surface area contributed by atoms with Crippen molar-refractivity contribution in [3.63, 3.8) is 0 Å². The van der Waals surface area contributed by atoms with Gasteiger partial charge < -0.3 is 4.74 Å². The molecule has 0 heterocycles. The summed E-state index contributed by atoms with van der Waals surface area (Å²) in [4.78, 5) is 21.9. The van der Waals surface area contributed by atoms with Crippen molar-refractivity contribution in [3.05, 3.63) is 39.4 Å². The topological polar surface area (TPSA) is 69.4 Å². The van der Waals surface area contributed by atoms with Crippen LogP contribution in [-0.4, -0.2) is 17.0 Å². The van der Waals surface area contributed by atoms with Gasteiger partial charge in [-0.1, -0.05) is 12.8 Å². The lowest BCUT2D eigenvalue weighted by Gasteiger charge is -2.15. The minimum Gasteiger partial charge on any atom is -0.459 e. The summed E-state index contributed by atoms with van der Waals surface area (Å²) in [5.74, 6) is -3.66. The summed E-state index contributed by atoms with van der Waals surface area (Å²) in [6, 6.07) is 0.922. The standard InChI is InChI=1S/C14H15F2NO4/c15-11-7-10(13(17(19)20)8-12(11)16)14(18)21-9-5-3-1-2-4-6-9/h7-9H,1-6H2. The minimum atomic E-state index is -1.37. The van der Waals surface area contributed by atoms with Crippen LogP contribution in [0.15, 0.2) is 12.1 Å². The van der Waals surface area contributed by atoms with Crippen LogP contribution in [0.2, 0.25) is 0 Å². The summed E-state index contributed by atoms with van der Waals surface area (Å²) < 4.78 is 31.5. The molecule has 1 aromatic carbocycles. The van der Waals surface area contributed by atoms with E-state index in [0.29, 0.717) is 25.0 Å². The van der Waals surface area contributed by atoms with Crippen molar-refractivity contribution in [2.75, 3.05) is 0 Å². The molecule has 2 rings (SSSR count). The van der Waals surface area contributed by atoms with Crippen molar-refractivity contribution >= 4 is 11.7 Å². The molecule has 0 amide bonds. The zero-order valence-corrected chi connectivity index (χ0v) is 11.3. The van der Waals surface area contributed by atoms with E-state index < -0.39 is 33.8 Å². The van der Waals surface area contributed by atoms with E-state index in [2.05, 4.69) is 0 Å². The third-order valence-electron chi connectivity index (χ3n) is 3.53. The Hall–Kier alpha value is -2.05. The van der Waals surface area contributed by atoms with E-state index in [0.717, 1.165) is 25.7 Å². The van der Waals surface area contributed by atoms with Gasteiger partial charge in [0.25, 0.3) is 5.69 Å². The predicted molar refractivity (Wildman–Crippen MR) is 69.9 cm³/mol. The number of nitrogens with zero attached hydrogens (tertiary/aromatic N) is 1. The molecule has 1 aliphatic carbocycles. The zero-order valence-electron chi connectivity index (χ0n) is 11.3. The Morgan fingerprint density at radius 3 is 2.29 bits per heavy atom. The van der Waals surface area contributed by atoms with Crippen LogP contribution in [0.3, 0.4) is 0 Å². The summed E-state index contributed by atoms with van der Waals surface area (Å²) in [6.45, 7) is 0. The molecule has 0 aromatic heterocycles. The SMILES string of the molecule is O=C(OC1CCCCCC1)c1cc(F)c(F)cc1[N+](=O)[O-]. The molecule has 1 saturated carbocycles. The summed E-state index contributed by atoms with van der Waals surface area (Å²) >= 11 is 0. The highest BCUT2D eigenvalue weighted by molar-refractivity contribution is 5.94. The highest BCUT2D eigenvalue weighted by Crippen LogP contribution is 2.26. The van der Waals surface area contributed by atoms with Crippen molar-refractivity contribution in [3.8, 4) is 0 Å². The summed E-state index contributed by atoms with van der Waals surface area (Å²) in [7, 11) is 0. The average molecular weight is 299 g/mol. The molecule has 5 nitrogen and oxygen atoms in total. The first-order valence-corrected chi connectivity index (χ1v) is 6.83. The lowest BCUT2D eigenvalue weighted by Crippen LogP contribution is -2.19. The smallest absolute Gasteiger partial charge is 0.345 e. The Morgan fingerprint density at radius 2 is 1.71 bits per heavy atom. The summed E-state index contributed by atoms with van der Waals surface area (Å²) in [5, 5.41) is 10.8. The number of esters is 1. The van der Waals surface area contributed by atoms with E-state index in [4.69, 9.17) is 4.74 Å². The number of hydrogen-bond donors (Lipinski definition) is 0. The van der Waals surface area contributed by atoms with Gasteiger partial charge >= 0.3 is 5.97 Å². The third kappa shape index (κ3) is 3.74. The first-order chi connectivity index (χ1) is 9.99. The number of nitro benzene ring substituents is 1. The third-order valence-corrected chi connectivity index (χ3v) is 3.53. The van der Waals surface area contributed by atoms with Crippen molar-refractivity contribution in [1.29, 1.82) is 0 Å². The molecular formula is C14H15F2NO4. The van der Waals surface area contributed by atoms with E-state index in [-0.39, 0.29) is 6.10 Å². The van der Waals surface area contributed by atoms with Crippen LogP contribution in [0.25, 0.3) is 0 Å². The maximum atomic E-state index is 13.2. The number of hydrogen-bond acceptors (Lipinski definition) is 4. The van der Waals surface area contributed by atoms with Gasteiger partial charge in [-0.15, -0.1) is 0 Å². The van der Waals surface area contributed by atoms with E-state index in [1.807, 2.05) is 0 Å². The van der Waals surface area contributed by atoms with Crippen LogP contribution in [0.5, 0.6) is 0 Å². The van der Waals surface area contributed by atoms with Crippen molar-refractivity contribution < 1.29 is 23.2 Å².